The Kier molecular flexibility index (Phi) is 6.39. The molecule has 3 N–H and O–H groups in total. The molecule has 1 aromatic rings. The van der Waals surface area contributed by atoms with E-state index >= 15 is 0 Å². The van der Waals surface area contributed by atoms with Gasteiger partial charge in [0.25, 0.3) is 0 Å². The lowest BCUT2D eigenvalue weighted by Crippen LogP contribution is -2.35. The van der Waals surface area contributed by atoms with Crippen LogP contribution in [0.25, 0.3) is 0 Å². The summed E-state index contributed by atoms with van der Waals surface area (Å²) in [5, 5.41) is 2.88. The van der Waals surface area contributed by atoms with Crippen LogP contribution in [0.3, 0.4) is 0 Å². The van der Waals surface area contributed by atoms with Crippen LogP contribution in [0.4, 0.5) is 5.69 Å². The molecule has 1 amide bonds. The van der Waals surface area contributed by atoms with Crippen molar-refractivity contribution in [3.8, 4) is 0 Å². The van der Waals surface area contributed by atoms with Crippen LogP contribution in [0.5, 0.6) is 0 Å². The summed E-state index contributed by atoms with van der Waals surface area (Å²) in [7, 11) is 1.67. The number of carbonyl (C=O) groups excluding carboxylic acids is 1. The zero-order chi connectivity index (χ0) is 13.4. The van der Waals surface area contributed by atoms with Crippen LogP contribution in [0.15, 0.2) is 24.3 Å². The van der Waals surface area contributed by atoms with Crippen molar-refractivity contribution in [3.63, 3.8) is 0 Å². The van der Waals surface area contributed by atoms with E-state index in [1.165, 1.54) is 0 Å². The van der Waals surface area contributed by atoms with Crippen molar-refractivity contribution in [2.75, 3.05) is 19.0 Å². The molecule has 0 aromatic heterocycles. The summed E-state index contributed by atoms with van der Waals surface area (Å²) < 4.78 is 5.05. The monoisotopic (exact) mass is 250 g/mol. The Morgan fingerprint density at radius 1 is 1.44 bits per heavy atom. The lowest BCUT2D eigenvalue weighted by Gasteiger charge is -2.14. The Bertz CT molecular complexity index is 380. The van der Waals surface area contributed by atoms with E-state index in [4.69, 9.17) is 10.5 Å². The van der Waals surface area contributed by atoms with E-state index < -0.39 is 6.04 Å². The van der Waals surface area contributed by atoms with Crippen molar-refractivity contribution in [1.82, 2.24) is 0 Å². The Labute approximate surface area is 109 Å². The van der Waals surface area contributed by atoms with Crippen molar-refractivity contribution < 1.29 is 9.53 Å². The van der Waals surface area contributed by atoms with Crippen LogP contribution in [0, 0.1) is 0 Å². The van der Waals surface area contributed by atoms with E-state index in [0.717, 1.165) is 24.1 Å². The van der Waals surface area contributed by atoms with Gasteiger partial charge in [-0.15, -0.1) is 0 Å². The van der Waals surface area contributed by atoms with Gasteiger partial charge in [0.1, 0.15) is 0 Å². The molecule has 0 aliphatic carbocycles. The zero-order valence-corrected chi connectivity index (χ0v) is 11.1. The molecule has 4 heteroatoms. The van der Waals surface area contributed by atoms with E-state index in [1.54, 1.807) is 7.11 Å². The van der Waals surface area contributed by atoms with Gasteiger partial charge in [0.2, 0.25) is 5.91 Å². The first-order valence-corrected chi connectivity index (χ1v) is 6.32. The Morgan fingerprint density at radius 2 is 2.17 bits per heavy atom. The minimum atomic E-state index is -0.439. The number of anilines is 1. The van der Waals surface area contributed by atoms with Gasteiger partial charge in [-0.1, -0.05) is 31.5 Å². The number of hydrogen-bond acceptors (Lipinski definition) is 3. The predicted octanol–water partition coefficient (Wildman–Crippen LogP) is 1.94. The highest BCUT2D eigenvalue weighted by Crippen LogP contribution is 2.16. The molecule has 0 saturated heterocycles. The third-order valence-corrected chi connectivity index (χ3v) is 2.79. The summed E-state index contributed by atoms with van der Waals surface area (Å²) in [6, 6.07) is 7.29. The molecular formula is C14H22N2O2. The smallest absolute Gasteiger partial charge is 0.241 e. The van der Waals surface area contributed by atoms with E-state index in [0.29, 0.717) is 13.0 Å². The highest BCUT2D eigenvalue weighted by molar-refractivity contribution is 5.95. The quantitative estimate of drug-likeness (QED) is 0.777. The Balaban J connectivity index is 2.68. The molecule has 1 unspecified atom stereocenters. The largest absolute Gasteiger partial charge is 0.384 e. The Hall–Kier alpha value is -1.39. The number of nitrogens with one attached hydrogen (secondary N) is 1. The van der Waals surface area contributed by atoms with E-state index in [2.05, 4.69) is 5.32 Å². The molecule has 1 rings (SSSR count). The summed E-state index contributed by atoms with van der Waals surface area (Å²) in [5.74, 6) is -0.123. The molecular weight excluding hydrogens is 228 g/mol. The molecule has 0 bridgehead atoms. The fourth-order valence-electron chi connectivity index (χ4n) is 1.74. The highest BCUT2D eigenvalue weighted by Gasteiger charge is 2.13. The summed E-state index contributed by atoms with van der Waals surface area (Å²) in [6.45, 7) is 2.65. The number of hydrogen-bond donors (Lipinski definition) is 2. The maximum absolute atomic E-state index is 11.9. The molecule has 18 heavy (non-hydrogen) atoms. The second-order valence-electron chi connectivity index (χ2n) is 4.28. The van der Waals surface area contributed by atoms with Gasteiger partial charge in [-0.25, -0.2) is 0 Å². The minimum Gasteiger partial charge on any atom is -0.384 e. The number of ether oxygens (including phenoxy) is 1. The minimum absolute atomic E-state index is 0.123. The van der Waals surface area contributed by atoms with Crippen LogP contribution in [0.2, 0.25) is 0 Å². The molecule has 1 atom stereocenters. The first-order chi connectivity index (χ1) is 8.69. The molecule has 100 valence electrons. The molecule has 0 aliphatic rings. The molecule has 0 aliphatic heterocycles. The van der Waals surface area contributed by atoms with E-state index in [9.17, 15) is 4.79 Å². The molecule has 0 spiro atoms. The normalized spacial score (nSPS) is 12.2. The maximum atomic E-state index is 11.9. The first-order valence-electron chi connectivity index (χ1n) is 6.32. The zero-order valence-electron chi connectivity index (χ0n) is 11.1. The summed E-state index contributed by atoms with van der Waals surface area (Å²) in [6.07, 6.45) is 2.38. The number of nitrogens with two attached hydrogens (primary N) is 1. The van der Waals surface area contributed by atoms with Crippen LogP contribution < -0.4 is 11.1 Å². The topological polar surface area (TPSA) is 64.4 Å². The van der Waals surface area contributed by atoms with Crippen LogP contribution in [-0.2, 0) is 16.0 Å². The number of para-hydroxylation sites is 1. The van der Waals surface area contributed by atoms with E-state index in [1.807, 2.05) is 31.2 Å². The standard InChI is InChI=1S/C14H22N2O2/c1-3-6-12(15)14(17)16-13-8-5-4-7-11(13)9-10-18-2/h4-5,7-8,12H,3,6,9-10,15H2,1-2H3,(H,16,17). The second kappa shape index (κ2) is 7.84. The third-order valence-electron chi connectivity index (χ3n) is 2.79. The molecule has 0 heterocycles. The molecule has 0 fully saturated rings. The SMILES string of the molecule is CCCC(N)C(=O)Nc1ccccc1CCOC. The van der Waals surface area contributed by atoms with Gasteiger partial charge in [-0.2, -0.15) is 0 Å². The molecule has 0 radical (unpaired) electrons. The van der Waals surface area contributed by atoms with Gasteiger partial charge < -0.3 is 15.8 Å². The molecule has 1 aromatic carbocycles. The van der Waals surface area contributed by atoms with Crippen LogP contribution in [0.1, 0.15) is 25.3 Å². The van der Waals surface area contributed by atoms with Gasteiger partial charge in [0, 0.05) is 12.8 Å². The first kappa shape index (κ1) is 14.7. The van der Waals surface area contributed by atoms with Crippen LogP contribution >= 0.6 is 0 Å². The predicted molar refractivity (Wildman–Crippen MR) is 73.5 cm³/mol. The van der Waals surface area contributed by atoms with Gasteiger partial charge in [-0.3, -0.25) is 4.79 Å². The van der Waals surface area contributed by atoms with Crippen molar-refractivity contribution in [2.24, 2.45) is 5.73 Å². The molecule has 4 nitrogen and oxygen atoms in total. The van der Waals surface area contributed by atoms with Crippen molar-refractivity contribution in [3.05, 3.63) is 29.8 Å². The van der Waals surface area contributed by atoms with Gasteiger partial charge >= 0.3 is 0 Å². The number of methoxy groups -OCH3 is 1. The van der Waals surface area contributed by atoms with E-state index in [-0.39, 0.29) is 5.91 Å². The molecule has 0 saturated carbocycles. The number of amides is 1. The van der Waals surface area contributed by atoms with Gasteiger partial charge in [0.05, 0.1) is 12.6 Å². The van der Waals surface area contributed by atoms with Crippen molar-refractivity contribution in [1.29, 1.82) is 0 Å². The fourth-order valence-corrected chi connectivity index (χ4v) is 1.74. The van der Waals surface area contributed by atoms with Gasteiger partial charge in [-0.05, 0) is 24.5 Å². The van der Waals surface area contributed by atoms with Crippen molar-refractivity contribution >= 4 is 11.6 Å². The average molecular weight is 250 g/mol. The van der Waals surface area contributed by atoms with Gasteiger partial charge in [0.15, 0.2) is 0 Å². The summed E-state index contributed by atoms with van der Waals surface area (Å²) >= 11 is 0. The maximum Gasteiger partial charge on any atom is 0.241 e. The Morgan fingerprint density at radius 3 is 2.83 bits per heavy atom. The third kappa shape index (κ3) is 4.47. The lowest BCUT2D eigenvalue weighted by atomic mass is 10.1. The van der Waals surface area contributed by atoms with Crippen molar-refractivity contribution in [2.45, 2.75) is 32.2 Å². The summed E-state index contributed by atoms with van der Waals surface area (Å²) in [4.78, 5) is 11.9. The highest BCUT2D eigenvalue weighted by atomic mass is 16.5. The van der Waals surface area contributed by atoms with Crippen LogP contribution in [-0.4, -0.2) is 25.7 Å². The number of carbonyl (C=O) groups is 1. The lowest BCUT2D eigenvalue weighted by molar-refractivity contribution is -0.117. The number of benzene rings is 1. The fraction of sp³-hybridized carbons (Fsp3) is 0.500. The number of rotatable bonds is 7. The second-order valence-corrected chi connectivity index (χ2v) is 4.28. The average Bonchev–Trinajstić information content (AvgIpc) is 2.38. The summed E-state index contributed by atoms with van der Waals surface area (Å²) in [5.41, 5.74) is 7.68.